The summed E-state index contributed by atoms with van der Waals surface area (Å²) in [5.41, 5.74) is 1.88. The van der Waals surface area contributed by atoms with Gasteiger partial charge in [-0.25, -0.2) is 17.5 Å². The van der Waals surface area contributed by atoms with Crippen LogP contribution in [0.25, 0.3) is 11.3 Å². The SMILES string of the molecule is CS(=O)(=O)N[C@H]1CCN(C(=O)C23CC(C2)C3)[C@H]1Cc1cccc(-c2cccc(F)c2)n1. The van der Waals surface area contributed by atoms with Crippen molar-refractivity contribution < 1.29 is 17.6 Å². The summed E-state index contributed by atoms with van der Waals surface area (Å²) < 4.78 is 40.3. The zero-order chi connectivity index (χ0) is 21.8. The number of rotatable bonds is 6. The molecule has 4 aliphatic rings. The minimum Gasteiger partial charge on any atom is -0.337 e. The van der Waals surface area contributed by atoms with Crippen molar-refractivity contribution in [1.29, 1.82) is 0 Å². The zero-order valence-corrected chi connectivity index (χ0v) is 18.2. The van der Waals surface area contributed by atoms with Gasteiger partial charge in [0.15, 0.2) is 0 Å². The molecule has 0 unspecified atom stereocenters. The Bertz CT molecular complexity index is 1120. The van der Waals surface area contributed by atoms with Gasteiger partial charge in [-0.1, -0.05) is 18.2 Å². The summed E-state index contributed by atoms with van der Waals surface area (Å²) in [6, 6.07) is 11.2. The zero-order valence-electron chi connectivity index (χ0n) is 17.4. The van der Waals surface area contributed by atoms with Gasteiger partial charge in [0.2, 0.25) is 15.9 Å². The number of hydrogen-bond acceptors (Lipinski definition) is 4. The molecule has 1 saturated heterocycles. The van der Waals surface area contributed by atoms with Crippen LogP contribution < -0.4 is 4.72 Å². The summed E-state index contributed by atoms with van der Waals surface area (Å²) >= 11 is 0. The monoisotopic (exact) mass is 443 g/mol. The van der Waals surface area contributed by atoms with E-state index in [-0.39, 0.29) is 29.2 Å². The molecule has 164 valence electrons. The number of benzene rings is 1. The molecule has 3 aliphatic carbocycles. The van der Waals surface area contributed by atoms with Gasteiger partial charge in [0.25, 0.3) is 0 Å². The molecule has 6 rings (SSSR count). The minimum absolute atomic E-state index is 0.166. The van der Waals surface area contributed by atoms with Crippen LogP contribution in [-0.2, 0) is 21.2 Å². The lowest BCUT2D eigenvalue weighted by atomic mass is 9.44. The summed E-state index contributed by atoms with van der Waals surface area (Å²) in [7, 11) is -3.41. The van der Waals surface area contributed by atoms with Crippen LogP contribution in [0.5, 0.6) is 0 Å². The summed E-state index contributed by atoms with van der Waals surface area (Å²) in [6.07, 6.45) is 5.08. The topological polar surface area (TPSA) is 79.4 Å². The Kier molecular flexibility index (Phi) is 4.90. The third-order valence-electron chi connectivity index (χ3n) is 7.01. The average molecular weight is 444 g/mol. The maximum absolute atomic E-state index is 13.6. The van der Waals surface area contributed by atoms with Crippen LogP contribution in [0.1, 0.15) is 31.4 Å². The van der Waals surface area contributed by atoms with Crippen LogP contribution in [-0.4, -0.2) is 49.1 Å². The van der Waals surface area contributed by atoms with Crippen molar-refractivity contribution in [2.45, 2.75) is 44.2 Å². The van der Waals surface area contributed by atoms with Gasteiger partial charge in [0.1, 0.15) is 5.82 Å². The van der Waals surface area contributed by atoms with Gasteiger partial charge in [0, 0.05) is 30.3 Å². The van der Waals surface area contributed by atoms with E-state index in [1.54, 1.807) is 12.1 Å². The van der Waals surface area contributed by atoms with Gasteiger partial charge in [-0.05, 0) is 55.9 Å². The molecule has 1 aromatic heterocycles. The van der Waals surface area contributed by atoms with Gasteiger partial charge in [-0.2, -0.15) is 0 Å². The Hall–Kier alpha value is -2.32. The number of halogens is 1. The lowest BCUT2D eigenvalue weighted by Crippen LogP contribution is -2.62. The van der Waals surface area contributed by atoms with Gasteiger partial charge in [-0.3, -0.25) is 9.78 Å². The maximum Gasteiger partial charge on any atom is 0.229 e. The van der Waals surface area contributed by atoms with E-state index < -0.39 is 10.0 Å². The van der Waals surface area contributed by atoms with E-state index in [0.29, 0.717) is 36.6 Å². The van der Waals surface area contributed by atoms with E-state index >= 15 is 0 Å². The van der Waals surface area contributed by atoms with Crippen molar-refractivity contribution in [2.24, 2.45) is 11.3 Å². The number of hydrogen-bond donors (Lipinski definition) is 1. The number of aromatic nitrogens is 1. The Morgan fingerprint density at radius 2 is 1.97 bits per heavy atom. The molecule has 8 heteroatoms. The second kappa shape index (κ2) is 7.38. The first-order valence-electron chi connectivity index (χ1n) is 10.7. The molecule has 0 radical (unpaired) electrons. The molecule has 1 amide bonds. The van der Waals surface area contributed by atoms with Crippen molar-refractivity contribution in [3.8, 4) is 11.3 Å². The van der Waals surface area contributed by atoms with E-state index in [4.69, 9.17) is 4.98 Å². The van der Waals surface area contributed by atoms with Gasteiger partial charge in [0.05, 0.1) is 23.4 Å². The highest BCUT2D eigenvalue weighted by Gasteiger charge is 2.63. The first-order chi connectivity index (χ1) is 14.7. The van der Waals surface area contributed by atoms with Gasteiger partial charge < -0.3 is 4.90 Å². The molecular formula is C23H26FN3O3S. The highest BCUT2D eigenvalue weighted by molar-refractivity contribution is 7.88. The van der Waals surface area contributed by atoms with E-state index in [1.165, 1.54) is 12.1 Å². The molecule has 2 bridgehead atoms. The number of nitrogens with zero attached hydrogens (tertiary/aromatic N) is 2. The van der Waals surface area contributed by atoms with Crippen LogP contribution in [0.3, 0.4) is 0 Å². The molecule has 2 atom stereocenters. The van der Waals surface area contributed by atoms with Crippen molar-refractivity contribution >= 4 is 15.9 Å². The molecule has 1 aromatic carbocycles. The third kappa shape index (κ3) is 3.87. The number of sulfonamides is 1. The first-order valence-corrected chi connectivity index (χ1v) is 12.6. The number of amides is 1. The number of nitrogens with one attached hydrogen (secondary N) is 1. The Morgan fingerprint density at radius 1 is 1.23 bits per heavy atom. The van der Waals surface area contributed by atoms with Crippen LogP contribution in [0.4, 0.5) is 4.39 Å². The predicted molar refractivity (Wildman–Crippen MR) is 115 cm³/mol. The third-order valence-corrected chi connectivity index (χ3v) is 7.74. The summed E-state index contributed by atoms with van der Waals surface area (Å²) in [6.45, 7) is 0.548. The highest BCUT2D eigenvalue weighted by Crippen LogP contribution is 2.65. The number of carbonyl (C=O) groups is 1. The fourth-order valence-corrected chi connectivity index (χ4v) is 6.26. The second-order valence-electron chi connectivity index (χ2n) is 9.34. The molecule has 1 aliphatic heterocycles. The second-order valence-corrected chi connectivity index (χ2v) is 11.1. The predicted octanol–water partition coefficient (Wildman–Crippen LogP) is 2.75. The lowest BCUT2D eigenvalue weighted by Gasteiger charge is -2.61. The average Bonchev–Trinajstić information content (AvgIpc) is 3.00. The van der Waals surface area contributed by atoms with Crippen molar-refractivity contribution in [1.82, 2.24) is 14.6 Å². The molecule has 31 heavy (non-hydrogen) atoms. The largest absolute Gasteiger partial charge is 0.337 e. The van der Waals surface area contributed by atoms with E-state index in [9.17, 15) is 17.6 Å². The van der Waals surface area contributed by atoms with Crippen LogP contribution in [0.15, 0.2) is 42.5 Å². The van der Waals surface area contributed by atoms with Gasteiger partial charge in [-0.15, -0.1) is 0 Å². The van der Waals surface area contributed by atoms with Crippen LogP contribution >= 0.6 is 0 Å². The molecule has 2 heterocycles. The fourth-order valence-electron chi connectivity index (χ4n) is 5.43. The molecule has 3 saturated carbocycles. The van der Waals surface area contributed by atoms with E-state index in [1.807, 2.05) is 23.1 Å². The van der Waals surface area contributed by atoms with Crippen LogP contribution in [0, 0.1) is 17.2 Å². The van der Waals surface area contributed by atoms with Gasteiger partial charge >= 0.3 is 0 Å². The molecule has 0 spiro atoms. The molecule has 2 aromatic rings. The lowest BCUT2D eigenvalue weighted by molar-refractivity contribution is -0.177. The Balaban J connectivity index is 1.42. The quantitative estimate of drug-likeness (QED) is 0.745. The maximum atomic E-state index is 13.6. The molecule has 6 nitrogen and oxygen atoms in total. The van der Waals surface area contributed by atoms with Crippen molar-refractivity contribution in [3.05, 3.63) is 54.0 Å². The minimum atomic E-state index is -3.41. The van der Waals surface area contributed by atoms with E-state index in [2.05, 4.69) is 4.72 Å². The fraction of sp³-hybridized carbons (Fsp3) is 0.478. The standard InChI is InChI=1S/C23H26FN3O3S/c1-31(29,30)26-20-8-9-27(22(28)23-12-15(13-23)14-23)21(20)11-18-6-3-7-19(25-18)16-4-2-5-17(24)10-16/h2-7,10,15,20-21,26H,8-9,11-14H2,1H3/t15?,20-,21-,23?/m0/s1. The molecule has 4 fully saturated rings. The Labute approximate surface area is 181 Å². The number of likely N-dealkylation sites (tertiary alicyclic amines) is 1. The smallest absolute Gasteiger partial charge is 0.229 e. The number of carbonyl (C=O) groups excluding carboxylic acids is 1. The highest BCUT2D eigenvalue weighted by atomic mass is 32.2. The number of pyridine rings is 1. The normalized spacial score (nSPS) is 29.4. The van der Waals surface area contributed by atoms with E-state index in [0.717, 1.165) is 31.2 Å². The molecular weight excluding hydrogens is 417 g/mol. The summed E-state index contributed by atoms with van der Waals surface area (Å²) in [5, 5.41) is 0. The van der Waals surface area contributed by atoms with Crippen molar-refractivity contribution in [2.75, 3.05) is 12.8 Å². The van der Waals surface area contributed by atoms with Crippen molar-refractivity contribution in [3.63, 3.8) is 0 Å². The Morgan fingerprint density at radius 3 is 2.61 bits per heavy atom. The summed E-state index contributed by atoms with van der Waals surface area (Å²) in [5.74, 6) is 0.534. The summed E-state index contributed by atoms with van der Waals surface area (Å²) in [4.78, 5) is 19.9. The first kappa shape index (κ1) is 20.6. The molecule has 1 N–H and O–H groups in total. The van der Waals surface area contributed by atoms with Crippen LogP contribution in [0.2, 0.25) is 0 Å².